The van der Waals surface area contributed by atoms with Crippen LogP contribution in [0, 0.1) is 5.92 Å². The van der Waals surface area contributed by atoms with Crippen LogP contribution in [0.3, 0.4) is 0 Å². The molecule has 2 aliphatic rings. The molecule has 2 unspecified atom stereocenters. The molecule has 6 nitrogen and oxygen atoms in total. The monoisotopic (exact) mass is 480 g/mol. The van der Waals surface area contributed by atoms with Crippen molar-refractivity contribution in [3.8, 4) is 5.69 Å². The van der Waals surface area contributed by atoms with E-state index in [0.29, 0.717) is 12.5 Å². The zero-order valence-corrected chi connectivity index (χ0v) is 20.5. The number of hydrogen-bond donors (Lipinski definition) is 1. The number of fused-ring (bicyclic) bond motifs is 1. The highest BCUT2D eigenvalue weighted by Gasteiger charge is 2.43. The highest BCUT2D eigenvalue weighted by atomic mass is 16.5. The van der Waals surface area contributed by atoms with Crippen LogP contribution in [0.4, 0.5) is 0 Å². The van der Waals surface area contributed by atoms with Crippen LogP contribution in [0.15, 0.2) is 79.3 Å². The second-order valence-electron chi connectivity index (χ2n) is 9.86. The molecule has 184 valence electrons. The fraction of sp³-hybridized carbons (Fsp3) is 0.333. The third kappa shape index (κ3) is 4.92. The number of nitrogens with one attached hydrogen (secondary N) is 1. The van der Waals surface area contributed by atoms with Crippen molar-refractivity contribution < 1.29 is 9.53 Å². The van der Waals surface area contributed by atoms with E-state index in [9.17, 15) is 4.79 Å². The molecule has 2 aromatic heterocycles. The van der Waals surface area contributed by atoms with E-state index in [2.05, 4.69) is 74.5 Å². The molecule has 0 radical (unpaired) electrons. The van der Waals surface area contributed by atoms with E-state index in [1.165, 1.54) is 22.0 Å². The number of carbonyl (C=O) groups excluding carboxylic acids is 1. The first kappa shape index (κ1) is 23.0. The molecule has 1 aliphatic heterocycles. The second-order valence-corrected chi connectivity index (χ2v) is 9.86. The van der Waals surface area contributed by atoms with Gasteiger partial charge in [0.15, 0.2) is 0 Å². The van der Waals surface area contributed by atoms with Gasteiger partial charge in [0.2, 0.25) is 5.91 Å². The molecule has 1 amide bonds. The Morgan fingerprint density at radius 3 is 2.67 bits per heavy atom. The van der Waals surface area contributed by atoms with E-state index in [-0.39, 0.29) is 11.8 Å². The molecule has 1 saturated heterocycles. The number of morpholine rings is 1. The highest BCUT2D eigenvalue weighted by molar-refractivity contribution is 5.86. The quantitative estimate of drug-likeness (QED) is 0.408. The normalized spacial score (nSPS) is 19.9. The fourth-order valence-corrected chi connectivity index (χ4v) is 5.32. The predicted octanol–water partition coefficient (Wildman–Crippen LogP) is 4.32. The molecule has 4 aromatic rings. The molecule has 1 saturated carbocycles. The van der Waals surface area contributed by atoms with Crippen LogP contribution in [-0.2, 0) is 22.5 Å². The number of amides is 1. The van der Waals surface area contributed by atoms with Gasteiger partial charge in [-0.2, -0.15) is 0 Å². The first-order chi connectivity index (χ1) is 17.8. The van der Waals surface area contributed by atoms with E-state index in [4.69, 9.17) is 4.74 Å². The Kier molecular flexibility index (Phi) is 6.53. The lowest BCUT2D eigenvalue weighted by Crippen LogP contribution is -2.37. The molecular weight excluding hydrogens is 448 g/mol. The molecule has 1 N–H and O–H groups in total. The summed E-state index contributed by atoms with van der Waals surface area (Å²) in [5.41, 5.74) is 6.04. The lowest BCUT2D eigenvalue weighted by atomic mass is 10.1. The topological polar surface area (TPSA) is 59.4 Å². The summed E-state index contributed by atoms with van der Waals surface area (Å²) < 4.78 is 7.80. The molecule has 0 spiro atoms. The number of carbonyl (C=O) groups is 1. The summed E-state index contributed by atoms with van der Waals surface area (Å²) in [6.07, 6.45) is 7.78. The highest BCUT2D eigenvalue weighted by Crippen LogP contribution is 2.47. The number of ether oxygens (including phenoxy) is 1. The largest absolute Gasteiger partial charge is 0.379 e. The van der Waals surface area contributed by atoms with Gasteiger partial charge in [-0.25, -0.2) is 0 Å². The van der Waals surface area contributed by atoms with Crippen LogP contribution in [0.5, 0.6) is 0 Å². The van der Waals surface area contributed by atoms with E-state index in [1.54, 1.807) is 12.4 Å². The van der Waals surface area contributed by atoms with E-state index >= 15 is 0 Å². The third-order valence-electron chi connectivity index (χ3n) is 7.51. The molecule has 6 heteroatoms. The van der Waals surface area contributed by atoms with Gasteiger partial charge in [-0.15, -0.1) is 0 Å². The van der Waals surface area contributed by atoms with Gasteiger partial charge in [-0.05, 0) is 59.7 Å². The van der Waals surface area contributed by atoms with Gasteiger partial charge in [0.05, 0.1) is 18.7 Å². The Morgan fingerprint density at radius 2 is 1.86 bits per heavy atom. The van der Waals surface area contributed by atoms with Crippen LogP contribution in [0.1, 0.15) is 29.0 Å². The van der Waals surface area contributed by atoms with Crippen molar-refractivity contribution in [3.05, 3.63) is 95.9 Å². The number of rotatable bonds is 8. The molecule has 36 heavy (non-hydrogen) atoms. The molecule has 3 heterocycles. The zero-order chi connectivity index (χ0) is 24.3. The lowest BCUT2D eigenvalue weighted by molar-refractivity contribution is -0.122. The number of para-hydroxylation sites is 1. The molecule has 0 bridgehead atoms. The molecule has 2 aromatic carbocycles. The Morgan fingerprint density at radius 1 is 1.03 bits per heavy atom. The van der Waals surface area contributed by atoms with Gasteiger partial charge in [-0.3, -0.25) is 14.7 Å². The van der Waals surface area contributed by atoms with Crippen molar-refractivity contribution >= 4 is 16.8 Å². The Balaban J connectivity index is 1.13. The zero-order valence-electron chi connectivity index (χ0n) is 20.5. The van der Waals surface area contributed by atoms with Crippen LogP contribution in [0.25, 0.3) is 16.6 Å². The minimum atomic E-state index is 0.0618. The average Bonchev–Trinajstić information content (AvgIpc) is 3.67. The average molecular weight is 481 g/mol. The first-order valence-corrected chi connectivity index (χ1v) is 12.9. The standard InChI is InChI=1S/C30H32N4O2/c35-30(32-20-22-4-3-12-31-19-22)28-18-27(28)23-7-9-25(10-8-23)34-21-24(26-5-1-2-6-29(26)34)11-13-33-14-16-36-17-15-33/h1-10,12,19,21,27-28H,11,13-18,20H2,(H,32,35). The van der Waals surface area contributed by atoms with Gasteiger partial charge < -0.3 is 14.6 Å². The molecule has 6 rings (SSSR count). The van der Waals surface area contributed by atoms with Crippen molar-refractivity contribution in [2.24, 2.45) is 5.92 Å². The lowest BCUT2D eigenvalue weighted by Gasteiger charge is -2.26. The minimum absolute atomic E-state index is 0.0618. The van der Waals surface area contributed by atoms with Gasteiger partial charge >= 0.3 is 0 Å². The summed E-state index contributed by atoms with van der Waals surface area (Å²) >= 11 is 0. The summed E-state index contributed by atoms with van der Waals surface area (Å²) in [4.78, 5) is 19.2. The predicted molar refractivity (Wildman–Crippen MR) is 141 cm³/mol. The molecule has 1 aliphatic carbocycles. The molecule has 2 atom stereocenters. The number of aromatic nitrogens is 2. The van der Waals surface area contributed by atoms with Gasteiger partial charge in [0.25, 0.3) is 0 Å². The SMILES string of the molecule is O=C(NCc1cccnc1)C1CC1c1ccc(-n2cc(CCN3CCOCC3)c3ccccc32)cc1. The van der Waals surface area contributed by atoms with Crippen LogP contribution < -0.4 is 5.32 Å². The number of hydrogen-bond acceptors (Lipinski definition) is 4. The third-order valence-corrected chi connectivity index (χ3v) is 7.51. The summed E-state index contributed by atoms with van der Waals surface area (Å²) in [6, 6.07) is 21.3. The van der Waals surface area contributed by atoms with Gasteiger partial charge in [0, 0.05) is 61.8 Å². The van der Waals surface area contributed by atoms with Crippen molar-refractivity contribution in [1.29, 1.82) is 0 Å². The van der Waals surface area contributed by atoms with Gasteiger partial charge in [-0.1, -0.05) is 36.4 Å². The maximum Gasteiger partial charge on any atom is 0.224 e. The van der Waals surface area contributed by atoms with Crippen molar-refractivity contribution in [3.63, 3.8) is 0 Å². The Hall–Kier alpha value is -3.48. The smallest absolute Gasteiger partial charge is 0.224 e. The number of benzene rings is 2. The van der Waals surface area contributed by atoms with E-state index in [0.717, 1.165) is 56.9 Å². The maximum atomic E-state index is 12.6. The van der Waals surface area contributed by atoms with Crippen molar-refractivity contribution in [2.75, 3.05) is 32.8 Å². The summed E-state index contributed by atoms with van der Waals surface area (Å²) in [5.74, 6) is 0.499. The summed E-state index contributed by atoms with van der Waals surface area (Å²) in [7, 11) is 0. The van der Waals surface area contributed by atoms with Crippen LogP contribution in [-0.4, -0.2) is 53.2 Å². The van der Waals surface area contributed by atoms with E-state index in [1.807, 2.05) is 12.1 Å². The molecule has 2 fully saturated rings. The fourth-order valence-electron chi connectivity index (χ4n) is 5.32. The van der Waals surface area contributed by atoms with Gasteiger partial charge in [0.1, 0.15) is 0 Å². The Bertz CT molecular complexity index is 1330. The van der Waals surface area contributed by atoms with Crippen molar-refractivity contribution in [2.45, 2.75) is 25.3 Å². The van der Waals surface area contributed by atoms with Crippen LogP contribution >= 0.6 is 0 Å². The molecular formula is C30H32N4O2. The Labute approximate surface area is 211 Å². The van der Waals surface area contributed by atoms with Crippen LogP contribution in [0.2, 0.25) is 0 Å². The van der Waals surface area contributed by atoms with E-state index < -0.39 is 0 Å². The number of nitrogens with zero attached hydrogens (tertiary/aromatic N) is 3. The first-order valence-electron chi connectivity index (χ1n) is 12.9. The minimum Gasteiger partial charge on any atom is -0.379 e. The summed E-state index contributed by atoms with van der Waals surface area (Å²) in [5, 5.41) is 4.38. The maximum absolute atomic E-state index is 12.6. The second kappa shape index (κ2) is 10.2. The van der Waals surface area contributed by atoms with Crippen molar-refractivity contribution in [1.82, 2.24) is 19.8 Å². The summed E-state index contributed by atoms with van der Waals surface area (Å²) in [6.45, 7) is 5.30. The number of pyridine rings is 1.